The van der Waals surface area contributed by atoms with Crippen LogP contribution in [-0.4, -0.2) is 57.0 Å². The Morgan fingerprint density at radius 2 is 2.04 bits per heavy atom. The summed E-state index contributed by atoms with van der Waals surface area (Å²) in [5.74, 6) is -1.79. The number of hydrogen-bond donors (Lipinski definition) is 2. The monoisotopic (exact) mass is 346 g/mol. The number of hydrogen-bond acceptors (Lipinski definition) is 5. The molecule has 1 aliphatic carbocycles. The van der Waals surface area contributed by atoms with Crippen molar-refractivity contribution in [3.63, 3.8) is 0 Å². The molecule has 1 aromatic carbocycles. The molecule has 1 aliphatic rings. The van der Waals surface area contributed by atoms with Crippen molar-refractivity contribution >= 4 is 22.9 Å². The standard InChI is InChI=1S/C17H19FN4O3/c1-2-22(9-15(23)24)12-7-11(8-12)21-17(25)13-5-10(18)6-14-16(13)20-4-3-19-14/h3-6,11-12H,2,7-9H2,1H3,(H,21,25)(H,23,24). The Kier molecular flexibility index (Phi) is 4.89. The topological polar surface area (TPSA) is 95.4 Å². The number of nitrogens with one attached hydrogen (secondary N) is 1. The Bertz CT molecular complexity index is 808. The summed E-state index contributed by atoms with van der Waals surface area (Å²) in [4.78, 5) is 33.4. The summed E-state index contributed by atoms with van der Waals surface area (Å²) < 4.78 is 13.7. The molecular formula is C17H19FN4O3. The van der Waals surface area contributed by atoms with Crippen LogP contribution in [0.1, 0.15) is 30.1 Å². The molecule has 25 heavy (non-hydrogen) atoms. The summed E-state index contributed by atoms with van der Waals surface area (Å²) in [5.41, 5.74) is 0.848. The minimum Gasteiger partial charge on any atom is -0.480 e. The van der Waals surface area contributed by atoms with Crippen LogP contribution in [-0.2, 0) is 4.79 Å². The lowest BCUT2D eigenvalue weighted by molar-refractivity contribution is -0.139. The van der Waals surface area contributed by atoms with E-state index in [0.29, 0.717) is 30.4 Å². The first-order chi connectivity index (χ1) is 12.0. The van der Waals surface area contributed by atoms with Crippen molar-refractivity contribution in [2.45, 2.75) is 31.8 Å². The van der Waals surface area contributed by atoms with Gasteiger partial charge in [0.05, 0.1) is 17.6 Å². The summed E-state index contributed by atoms with van der Waals surface area (Å²) in [6.45, 7) is 2.54. The Morgan fingerprint density at radius 1 is 1.32 bits per heavy atom. The van der Waals surface area contributed by atoms with Crippen LogP contribution in [0.5, 0.6) is 0 Å². The van der Waals surface area contributed by atoms with E-state index in [-0.39, 0.29) is 24.2 Å². The quantitative estimate of drug-likeness (QED) is 0.822. The molecule has 1 saturated carbocycles. The molecule has 0 aliphatic heterocycles. The zero-order valence-electron chi connectivity index (χ0n) is 13.8. The van der Waals surface area contributed by atoms with Gasteiger partial charge >= 0.3 is 5.97 Å². The number of rotatable bonds is 6. The average molecular weight is 346 g/mol. The summed E-state index contributed by atoms with van der Waals surface area (Å²) in [6.07, 6.45) is 4.25. The molecule has 0 unspecified atom stereocenters. The molecule has 1 aromatic heterocycles. The predicted molar refractivity (Wildman–Crippen MR) is 88.7 cm³/mol. The first kappa shape index (κ1) is 17.2. The fraction of sp³-hybridized carbons (Fsp3) is 0.412. The number of halogens is 1. The van der Waals surface area contributed by atoms with Crippen LogP contribution in [0.3, 0.4) is 0 Å². The molecular weight excluding hydrogens is 327 g/mol. The van der Waals surface area contributed by atoms with E-state index in [0.717, 1.165) is 6.07 Å². The van der Waals surface area contributed by atoms with Crippen LogP contribution >= 0.6 is 0 Å². The van der Waals surface area contributed by atoms with Gasteiger partial charge < -0.3 is 10.4 Å². The zero-order valence-corrected chi connectivity index (χ0v) is 13.8. The van der Waals surface area contributed by atoms with Crippen molar-refractivity contribution in [2.75, 3.05) is 13.1 Å². The van der Waals surface area contributed by atoms with Gasteiger partial charge in [-0.2, -0.15) is 0 Å². The van der Waals surface area contributed by atoms with Gasteiger partial charge in [-0.1, -0.05) is 6.92 Å². The highest BCUT2D eigenvalue weighted by Gasteiger charge is 2.35. The van der Waals surface area contributed by atoms with E-state index in [1.165, 1.54) is 18.5 Å². The minimum atomic E-state index is -0.862. The third-order valence-electron chi connectivity index (χ3n) is 4.49. The smallest absolute Gasteiger partial charge is 0.317 e. The normalized spacial score (nSPS) is 19.6. The molecule has 2 N–H and O–H groups in total. The third kappa shape index (κ3) is 3.74. The molecule has 7 nitrogen and oxygen atoms in total. The second-order valence-corrected chi connectivity index (χ2v) is 6.13. The van der Waals surface area contributed by atoms with Crippen LogP contribution in [0.15, 0.2) is 24.5 Å². The maximum absolute atomic E-state index is 13.7. The molecule has 0 atom stereocenters. The number of likely N-dealkylation sites (N-methyl/N-ethyl adjacent to an activating group) is 1. The summed E-state index contributed by atoms with van der Waals surface area (Å²) in [7, 11) is 0. The summed E-state index contributed by atoms with van der Waals surface area (Å²) in [5, 5.41) is 11.8. The van der Waals surface area contributed by atoms with Crippen molar-refractivity contribution in [1.82, 2.24) is 20.2 Å². The average Bonchev–Trinajstić information content (AvgIpc) is 2.54. The number of nitrogens with zero attached hydrogens (tertiary/aromatic N) is 3. The molecule has 1 fully saturated rings. The molecule has 1 amide bonds. The molecule has 0 bridgehead atoms. The number of aliphatic carboxylic acids is 1. The lowest BCUT2D eigenvalue weighted by atomic mass is 9.85. The van der Waals surface area contributed by atoms with Crippen molar-refractivity contribution in [2.24, 2.45) is 0 Å². The van der Waals surface area contributed by atoms with Crippen LogP contribution in [0.25, 0.3) is 11.0 Å². The first-order valence-corrected chi connectivity index (χ1v) is 8.15. The van der Waals surface area contributed by atoms with Gasteiger partial charge in [-0.25, -0.2) is 4.39 Å². The van der Waals surface area contributed by atoms with Gasteiger partial charge in [-0.05, 0) is 25.5 Å². The number of carboxylic acids is 1. The number of aromatic nitrogens is 2. The molecule has 1 heterocycles. The lowest BCUT2D eigenvalue weighted by Gasteiger charge is -2.42. The predicted octanol–water partition coefficient (Wildman–Crippen LogP) is 1.44. The molecule has 132 valence electrons. The second-order valence-electron chi connectivity index (χ2n) is 6.13. The maximum atomic E-state index is 13.7. The fourth-order valence-corrected chi connectivity index (χ4v) is 3.15. The van der Waals surface area contributed by atoms with Crippen molar-refractivity contribution in [3.8, 4) is 0 Å². The molecule has 0 saturated heterocycles. The van der Waals surface area contributed by atoms with E-state index >= 15 is 0 Å². The van der Waals surface area contributed by atoms with Gasteiger partial charge in [0.1, 0.15) is 11.3 Å². The summed E-state index contributed by atoms with van der Waals surface area (Å²) >= 11 is 0. The SMILES string of the molecule is CCN(CC(=O)O)C1CC(NC(=O)c2cc(F)cc3nccnc23)C1. The van der Waals surface area contributed by atoms with Gasteiger partial charge in [-0.3, -0.25) is 24.5 Å². The lowest BCUT2D eigenvalue weighted by Crippen LogP contribution is -2.54. The number of amides is 1. The van der Waals surface area contributed by atoms with E-state index < -0.39 is 17.7 Å². The number of benzene rings is 1. The largest absolute Gasteiger partial charge is 0.480 e. The van der Waals surface area contributed by atoms with Crippen molar-refractivity contribution in [1.29, 1.82) is 0 Å². The molecule has 0 radical (unpaired) electrons. The highest BCUT2D eigenvalue weighted by atomic mass is 19.1. The van der Waals surface area contributed by atoms with Gasteiger partial charge in [0.2, 0.25) is 0 Å². The minimum absolute atomic E-state index is 0.00798. The number of fused-ring (bicyclic) bond motifs is 1. The first-order valence-electron chi connectivity index (χ1n) is 8.15. The Morgan fingerprint density at radius 3 is 2.72 bits per heavy atom. The second kappa shape index (κ2) is 7.10. The van der Waals surface area contributed by atoms with Gasteiger partial charge in [0.15, 0.2) is 0 Å². The van der Waals surface area contributed by atoms with E-state index in [1.807, 2.05) is 11.8 Å². The number of carboxylic acid groups (broad SMARTS) is 1. The summed E-state index contributed by atoms with van der Waals surface area (Å²) in [6, 6.07) is 2.47. The van der Waals surface area contributed by atoms with Crippen molar-refractivity contribution in [3.05, 3.63) is 35.9 Å². The number of carbonyl (C=O) groups is 2. The van der Waals surface area contributed by atoms with Crippen LogP contribution in [0.2, 0.25) is 0 Å². The Balaban J connectivity index is 1.66. The molecule has 2 aromatic rings. The van der Waals surface area contributed by atoms with Crippen molar-refractivity contribution < 1.29 is 19.1 Å². The van der Waals surface area contributed by atoms with Crippen LogP contribution < -0.4 is 5.32 Å². The van der Waals surface area contributed by atoms with Gasteiger partial charge in [0, 0.05) is 30.5 Å². The molecule has 3 rings (SSSR count). The van der Waals surface area contributed by atoms with Gasteiger partial charge in [-0.15, -0.1) is 0 Å². The molecule has 8 heteroatoms. The maximum Gasteiger partial charge on any atom is 0.317 e. The highest BCUT2D eigenvalue weighted by Crippen LogP contribution is 2.26. The van der Waals surface area contributed by atoms with E-state index in [4.69, 9.17) is 5.11 Å². The van der Waals surface area contributed by atoms with E-state index in [9.17, 15) is 14.0 Å². The van der Waals surface area contributed by atoms with Crippen LogP contribution in [0, 0.1) is 5.82 Å². The number of carbonyl (C=O) groups excluding carboxylic acids is 1. The van der Waals surface area contributed by atoms with E-state index in [1.54, 1.807) is 0 Å². The van der Waals surface area contributed by atoms with Gasteiger partial charge in [0.25, 0.3) is 5.91 Å². The van der Waals surface area contributed by atoms with E-state index in [2.05, 4.69) is 15.3 Å². The zero-order chi connectivity index (χ0) is 18.0. The third-order valence-corrected chi connectivity index (χ3v) is 4.49. The Hall–Kier alpha value is -2.61. The highest BCUT2D eigenvalue weighted by molar-refractivity contribution is 6.04. The fourth-order valence-electron chi connectivity index (χ4n) is 3.15. The Labute approximate surface area is 143 Å². The van der Waals surface area contributed by atoms with Crippen LogP contribution in [0.4, 0.5) is 4.39 Å². The molecule has 0 spiro atoms.